The van der Waals surface area contributed by atoms with Crippen LogP contribution in [0.25, 0.3) is 0 Å². The Bertz CT molecular complexity index is 404. The molecule has 0 spiro atoms. The van der Waals surface area contributed by atoms with Crippen molar-refractivity contribution in [3.63, 3.8) is 0 Å². The molecule has 20 heavy (non-hydrogen) atoms. The van der Waals surface area contributed by atoms with E-state index in [-0.39, 0.29) is 17.2 Å². The summed E-state index contributed by atoms with van der Waals surface area (Å²) in [6, 6.07) is 2.10. The van der Waals surface area contributed by atoms with Crippen LogP contribution in [0, 0.1) is 17.2 Å². The first-order chi connectivity index (χ1) is 9.08. The molecule has 1 aliphatic rings. The van der Waals surface area contributed by atoms with Crippen LogP contribution in [-0.4, -0.2) is 27.1 Å². The molecule has 0 amide bonds. The maximum absolute atomic E-state index is 8.85. The molecule has 1 rings (SSSR count). The third-order valence-electron chi connectivity index (χ3n) is 4.53. The number of hydrogen-bond donors (Lipinski definition) is 0. The van der Waals surface area contributed by atoms with Gasteiger partial charge in [0.25, 0.3) is 0 Å². The van der Waals surface area contributed by atoms with E-state index in [1.165, 1.54) is 0 Å². The van der Waals surface area contributed by atoms with E-state index in [1.807, 2.05) is 6.92 Å². The molecule has 0 aliphatic carbocycles. The first kappa shape index (κ1) is 17.4. The van der Waals surface area contributed by atoms with Crippen LogP contribution < -0.4 is 0 Å². The van der Waals surface area contributed by atoms with Gasteiger partial charge in [-0.05, 0) is 43.0 Å². The van der Waals surface area contributed by atoms with Crippen LogP contribution in [-0.2, 0) is 9.16 Å². The lowest BCUT2D eigenvalue weighted by molar-refractivity contribution is -0.0705. The molecule has 3 atom stereocenters. The number of nitrogens with zero attached hydrogens (tertiary/aromatic N) is 1. The first-order valence-electron chi connectivity index (χ1n) is 7.44. The Labute approximate surface area is 125 Å². The van der Waals surface area contributed by atoms with Gasteiger partial charge in [0.2, 0.25) is 0 Å². The van der Waals surface area contributed by atoms with Gasteiger partial charge in [0, 0.05) is 6.08 Å². The average Bonchev–Trinajstić information content (AvgIpc) is 2.27. The van der Waals surface area contributed by atoms with Gasteiger partial charge in [-0.15, -0.1) is 0 Å². The van der Waals surface area contributed by atoms with Crippen LogP contribution in [0.3, 0.4) is 0 Å². The topological polar surface area (TPSA) is 42.2 Å². The van der Waals surface area contributed by atoms with Gasteiger partial charge in [-0.1, -0.05) is 27.7 Å². The molecule has 0 aromatic rings. The smallest absolute Gasteiger partial charge is 0.192 e. The minimum atomic E-state index is -1.82. The highest BCUT2D eigenvalue weighted by molar-refractivity contribution is 6.74. The zero-order valence-electron chi connectivity index (χ0n) is 14.0. The fourth-order valence-corrected chi connectivity index (χ4v) is 3.57. The molecule has 114 valence electrons. The van der Waals surface area contributed by atoms with Crippen LogP contribution in [0.1, 0.15) is 41.0 Å². The van der Waals surface area contributed by atoms with Gasteiger partial charge in [0.1, 0.15) is 6.10 Å². The quantitative estimate of drug-likeness (QED) is 0.577. The summed E-state index contributed by atoms with van der Waals surface area (Å²) in [5, 5.41) is 9.04. The SMILES string of the molecule is CC(=CC#N)[C@@H]1OC[C@H](C)C[C@H]1O[Si](C)(C)C(C)(C)C. The van der Waals surface area contributed by atoms with Crippen molar-refractivity contribution in [2.45, 2.75) is 71.4 Å². The van der Waals surface area contributed by atoms with Crippen molar-refractivity contribution in [3.05, 3.63) is 11.6 Å². The monoisotopic (exact) mass is 295 g/mol. The fourth-order valence-electron chi connectivity index (χ4n) is 2.24. The van der Waals surface area contributed by atoms with E-state index in [0.29, 0.717) is 5.92 Å². The summed E-state index contributed by atoms with van der Waals surface area (Å²) in [7, 11) is -1.82. The third-order valence-corrected chi connectivity index (χ3v) is 9.03. The lowest BCUT2D eigenvalue weighted by Crippen LogP contribution is -2.50. The van der Waals surface area contributed by atoms with Crippen molar-refractivity contribution in [1.82, 2.24) is 0 Å². The minimum Gasteiger partial charge on any atom is -0.411 e. The number of nitriles is 1. The summed E-state index contributed by atoms with van der Waals surface area (Å²) in [4.78, 5) is 0. The summed E-state index contributed by atoms with van der Waals surface area (Å²) >= 11 is 0. The lowest BCUT2D eigenvalue weighted by Gasteiger charge is -2.44. The summed E-state index contributed by atoms with van der Waals surface area (Å²) in [5.74, 6) is 0.510. The highest BCUT2D eigenvalue weighted by atomic mass is 28.4. The Morgan fingerprint density at radius 2 is 2.00 bits per heavy atom. The molecule has 0 radical (unpaired) electrons. The Morgan fingerprint density at radius 3 is 2.50 bits per heavy atom. The molecule has 1 aliphatic heterocycles. The van der Waals surface area contributed by atoms with E-state index in [0.717, 1.165) is 18.6 Å². The predicted octanol–water partition coefficient (Wildman–Crippen LogP) is 4.27. The highest BCUT2D eigenvalue weighted by Gasteiger charge is 2.42. The molecule has 4 heteroatoms. The maximum Gasteiger partial charge on any atom is 0.192 e. The molecule has 1 saturated heterocycles. The molecular formula is C16H29NO2Si. The standard InChI is InChI=1S/C16H29NO2Si/c1-12-10-14(19-20(6,7)16(3,4)5)15(18-11-12)13(2)8-9-17/h8,12,14-15H,10-11H2,1-7H3/t12-,14-,15+/m1/s1. The lowest BCUT2D eigenvalue weighted by atomic mass is 9.93. The van der Waals surface area contributed by atoms with Crippen molar-refractivity contribution in [1.29, 1.82) is 5.26 Å². The zero-order chi connectivity index (χ0) is 15.6. The molecule has 0 unspecified atom stereocenters. The average molecular weight is 295 g/mol. The largest absolute Gasteiger partial charge is 0.411 e. The number of rotatable bonds is 3. The van der Waals surface area contributed by atoms with Gasteiger partial charge in [0.15, 0.2) is 8.32 Å². The second kappa shape index (κ2) is 6.42. The highest BCUT2D eigenvalue weighted by Crippen LogP contribution is 2.40. The molecule has 0 bridgehead atoms. The predicted molar refractivity (Wildman–Crippen MR) is 85.0 cm³/mol. The Morgan fingerprint density at radius 1 is 1.40 bits per heavy atom. The van der Waals surface area contributed by atoms with Crippen LogP contribution in [0.15, 0.2) is 11.6 Å². The van der Waals surface area contributed by atoms with Crippen LogP contribution in [0.5, 0.6) is 0 Å². The maximum atomic E-state index is 8.85. The summed E-state index contributed by atoms with van der Waals surface area (Å²) < 4.78 is 12.5. The Hall–Kier alpha value is -0.633. The normalized spacial score (nSPS) is 29.1. The first-order valence-corrected chi connectivity index (χ1v) is 10.3. The van der Waals surface area contributed by atoms with Gasteiger partial charge in [0.05, 0.1) is 18.8 Å². The van der Waals surface area contributed by atoms with Crippen molar-refractivity contribution in [2.24, 2.45) is 5.92 Å². The van der Waals surface area contributed by atoms with Crippen LogP contribution >= 0.6 is 0 Å². The number of hydrogen-bond acceptors (Lipinski definition) is 3. The molecule has 0 saturated carbocycles. The van der Waals surface area contributed by atoms with Gasteiger partial charge in [-0.2, -0.15) is 5.26 Å². The Kier molecular flexibility index (Phi) is 5.59. The van der Waals surface area contributed by atoms with E-state index in [1.54, 1.807) is 6.08 Å². The third kappa shape index (κ3) is 4.18. The van der Waals surface area contributed by atoms with Crippen LogP contribution in [0.4, 0.5) is 0 Å². The summed E-state index contributed by atoms with van der Waals surface area (Å²) in [6.07, 6.45) is 2.60. The number of allylic oxidation sites excluding steroid dienone is 1. The van der Waals surface area contributed by atoms with Crippen LogP contribution in [0.2, 0.25) is 18.1 Å². The van der Waals surface area contributed by atoms with Gasteiger partial charge in [-0.3, -0.25) is 0 Å². The molecule has 1 heterocycles. The van der Waals surface area contributed by atoms with Crippen molar-refractivity contribution < 1.29 is 9.16 Å². The van der Waals surface area contributed by atoms with E-state index < -0.39 is 8.32 Å². The molecule has 0 N–H and O–H groups in total. The number of ether oxygens (including phenoxy) is 1. The van der Waals surface area contributed by atoms with E-state index in [2.05, 4.69) is 46.9 Å². The zero-order valence-corrected chi connectivity index (χ0v) is 15.0. The molecule has 3 nitrogen and oxygen atoms in total. The summed E-state index contributed by atoms with van der Waals surface area (Å²) in [6.45, 7) is 16.2. The second-order valence-electron chi connectivity index (χ2n) is 7.53. The van der Waals surface area contributed by atoms with Gasteiger partial charge < -0.3 is 9.16 Å². The van der Waals surface area contributed by atoms with Crippen molar-refractivity contribution in [3.8, 4) is 6.07 Å². The van der Waals surface area contributed by atoms with E-state index in [4.69, 9.17) is 14.4 Å². The van der Waals surface area contributed by atoms with Gasteiger partial charge in [-0.25, -0.2) is 0 Å². The fraction of sp³-hybridized carbons (Fsp3) is 0.812. The molecule has 1 fully saturated rings. The second-order valence-corrected chi connectivity index (χ2v) is 12.3. The Balaban J connectivity index is 2.92. The summed E-state index contributed by atoms with van der Waals surface area (Å²) in [5.41, 5.74) is 0.975. The van der Waals surface area contributed by atoms with Crippen molar-refractivity contribution in [2.75, 3.05) is 6.61 Å². The van der Waals surface area contributed by atoms with E-state index in [9.17, 15) is 0 Å². The van der Waals surface area contributed by atoms with E-state index >= 15 is 0 Å². The minimum absolute atomic E-state index is 0.0695. The van der Waals surface area contributed by atoms with Gasteiger partial charge >= 0.3 is 0 Å². The molecular weight excluding hydrogens is 266 g/mol. The van der Waals surface area contributed by atoms with Crippen molar-refractivity contribution >= 4 is 8.32 Å². The molecule has 0 aromatic heterocycles. The molecule has 0 aromatic carbocycles.